The average molecular weight is 506 g/mol. The van der Waals surface area contributed by atoms with E-state index in [4.69, 9.17) is 19.3 Å². The van der Waals surface area contributed by atoms with E-state index in [9.17, 15) is 34.9 Å². The first-order chi connectivity index (χ1) is 17.2. The van der Waals surface area contributed by atoms with Crippen molar-refractivity contribution in [2.24, 2.45) is 0 Å². The highest BCUT2D eigenvalue weighted by atomic mass is 16.6. The molecule has 36 heavy (non-hydrogen) atoms. The second-order valence-electron chi connectivity index (χ2n) is 7.64. The van der Waals surface area contributed by atoms with Crippen molar-refractivity contribution in [1.82, 2.24) is 0 Å². The van der Waals surface area contributed by atoms with Gasteiger partial charge in [-0.25, -0.2) is 4.79 Å². The maximum atomic E-state index is 11.4. The van der Waals surface area contributed by atoms with E-state index in [1.165, 1.54) is 42.5 Å². The van der Waals surface area contributed by atoms with E-state index in [1.54, 1.807) is 6.07 Å². The topological polar surface area (TPSA) is 189 Å². The summed E-state index contributed by atoms with van der Waals surface area (Å²) in [5.41, 5.74) is -1.96. The number of ether oxygens (including phenoxy) is 3. The zero-order valence-electron chi connectivity index (χ0n) is 19.2. The van der Waals surface area contributed by atoms with Crippen molar-refractivity contribution in [1.29, 1.82) is 0 Å². The maximum absolute atomic E-state index is 11.4. The third kappa shape index (κ3) is 8.29. The second kappa shape index (κ2) is 13.7. The molecule has 0 atom stereocenters. The Kier molecular flexibility index (Phi) is 10.7. The smallest absolute Gasteiger partial charge is 0.348 e. The highest BCUT2D eigenvalue weighted by Gasteiger charge is 2.44. The molecule has 0 spiro atoms. The van der Waals surface area contributed by atoms with E-state index in [1.807, 2.05) is 0 Å². The lowest BCUT2D eigenvalue weighted by molar-refractivity contribution is -0.386. The molecule has 2 aromatic carbocycles. The molecule has 0 aromatic heterocycles. The summed E-state index contributed by atoms with van der Waals surface area (Å²) in [4.78, 5) is 41.5. The van der Waals surface area contributed by atoms with Crippen LogP contribution in [0.4, 0.5) is 11.4 Å². The lowest BCUT2D eigenvalue weighted by Gasteiger charge is -2.33. The number of benzene rings is 2. The minimum Gasteiger partial charge on any atom is -0.502 e. The third-order valence-electron chi connectivity index (χ3n) is 5.19. The molecular weight excluding hydrogens is 480 g/mol. The zero-order valence-corrected chi connectivity index (χ0v) is 19.2. The van der Waals surface area contributed by atoms with Gasteiger partial charge in [-0.2, -0.15) is 0 Å². The van der Waals surface area contributed by atoms with Gasteiger partial charge in [0.1, 0.15) is 5.78 Å². The number of carboxylic acids is 1. The predicted octanol–water partition coefficient (Wildman–Crippen LogP) is 3.27. The van der Waals surface area contributed by atoms with Gasteiger partial charge in [-0.15, -0.1) is 0 Å². The fourth-order valence-corrected chi connectivity index (χ4v) is 3.18. The first-order valence-corrected chi connectivity index (χ1v) is 10.9. The SMILES string of the molecule is O=C(O)C1(Oc2ccccc2[N+](=O)[O-])CCOCC1.O=C1CCOCC1.O=[N+]([O-])c1ccccc1O. The van der Waals surface area contributed by atoms with Gasteiger partial charge in [-0.3, -0.25) is 25.0 Å². The Morgan fingerprint density at radius 3 is 1.81 bits per heavy atom. The van der Waals surface area contributed by atoms with Gasteiger partial charge in [0, 0.05) is 37.8 Å². The van der Waals surface area contributed by atoms with Gasteiger partial charge >= 0.3 is 17.3 Å². The molecule has 0 saturated carbocycles. The van der Waals surface area contributed by atoms with Crippen molar-refractivity contribution in [3.05, 3.63) is 68.8 Å². The molecular formula is C23H26N2O11. The van der Waals surface area contributed by atoms with Crippen molar-refractivity contribution in [3.63, 3.8) is 0 Å². The number of aromatic hydroxyl groups is 1. The Balaban J connectivity index is 0.000000222. The fraction of sp³-hybridized carbons (Fsp3) is 0.391. The summed E-state index contributed by atoms with van der Waals surface area (Å²) in [6.07, 6.45) is 1.57. The molecule has 2 aliphatic heterocycles. The van der Waals surface area contributed by atoms with E-state index in [2.05, 4.69) is 0 Å². The van der Waals surface area contributed by atoms with Crippen molar-refractivity contribution in [2.45, 2.75) is 31.3 Å². The van der Waals surface area contributed by atoms with Crippen LogP contribution in [0.25, 0.3) is 0 Å². The van der Waals surface area contributed by atoms with Gasteiger partial charge < -0.3 is 24.4 Å². The molecule has 194 valence electrons. The first-order valence-electron chi connectivity index (χ1n) is 10.9. The number of hydrogen-bond donors (Lipinski definition) is 2. The zero-order chi connectivity index (χ0) is 26.6. The van der Waals surface area contributed by atoms with E-state index in [0.29, 0.717) is 31.8 Å². The van der Waals surface area contributed by atoms with Gasteiger partial charge in [0.05, 0.1) is 36.3 Å². The number of nitro groups is 2. The number of para-hydroxylation sites is 4. The van der Waals surface area contributed by atoms with Crippen LogP contribution in [0.3, 0.4) is 0 Å². The molecule has 2 heterocycles. The molecule has 13 heteroatoms. The van der Waals surface area contributed by atoms with E-state index < -0.39 is 21.4 Å². The van der Waals surface area contributed by atoms with Crippen LogP contribution < -0.4 is 4.74 Å². The first kappa shape index (κ1) is 28.1. The number of ketones is 1. The molecule has 0 unspecified atom stereocenters. The molecule has 13 nitrogen and oxygen atoms in total. The van der Waals surface area contributed by atoms with Crippen LogP contribution in [0.2, 0.25) is 0 Å². The standard InChI is InChI=1S/C12H13NO6.C6H5NO3.C5H8O2/c14-11(15)12(5-7-18-8-6-12)19-10-4-2-1-3-9(10)13(16)17;8-6-4-2-1-3-5(6)7(9)10;6-5-1-3-7-4-2-5/h1-4H,5-8H2,(H,14,15);1-4,8H;1-4H2. The maximum Gasteiger partial charge on any atom is 0.348 e. The molecule has 0 bridgehead atoms. The normalized spacial score (nSPS) is 16.3. The van der Waals surface area contributed by atoms with Crippen LogP contribution in [-0.2, 0) is 19.1 Å². The number of phenolic OH excluding ortho intramolecular Hbond substituents is 1. The molecule has 4 rings (SSSR count). The molecule has 0 aliphatic carbocycles. The lowest BCUT2D eigenvalue weighted by Crippen LogP contribution is -2.49. The van der Waals surface area contributed by atoms with E-state index in [-0.39, 0.29) is 48.9 Å². The number of phenols is 1. The largest absolute Gasteiger partial charge is 0.502 e. The van der Waals surface area contributed by atoms with Crippen LogP contribution in [0.5, 0.6) is 11.5 Å². The molecule has 2 N–H and O–H groups in total. The van der Waals surface area contributed by atoms with E-state index >= 15 is 0 Å². The number of rotatable bonds is 5. The minimum atomic E-state index is -1.45. The van der Waals surface area contributed by atoms with Crippen LogP contribution in [-0.4, -0.2) is 63.8 Å². The van der Waals surface area contributed by atoms with Gasteiger partial charge in [0.25, 0.3) is 0 Å². The number of carbonyl (C=O) groups excluding carboxylic acids is 1. The Morgan fingerprint density at radius 1 is 0.861 bits per heavy atom. The van der Waals surface area contributed by atoms with Gasteiger partial charge in [-0.1, -0.05) is 24.3 Å². The molecule has 0 amide bonds. The molecule has 0 radical (unpaired) electrons. The summed E-state index contributed by atoms with van der Waals surface area (Å²) in [6.45, 7) is 1.79. The summed E-state index contributed by atoms with van der Waals surface area (Å²) < 4.78 is 15.5. The number of carbonyl (C=O) groups is 2. The fourth-order valence-electron chi connectivity index (χ4n) is 3.18. The van der Waals surface area contributed by atoms with Crippen LogP contribution in [0.15, 0.2) is 48.5 Å². The number of hydrogen-bond acceptors (Lipinski definition) is 10. The van der Waals surface area contributed by atoms with Crippen molar-refractivity contribution >= 4 is 23.1 Å². The third-order valence-corrected chi connectivity index (χ3v) is 5.19. The Morgan fingerprint density at radius 2 is 1.36 bits per heavy atom. The number of nitro benzene ring substituents is 2. The summed E-state index contributed by atoms with van der Waals surface area (Å²) in [5.74, 6) is -1.12. The van der Waals surface area contributed by atoms with Gasteiger partial charge in [-0.05, 0) is 12.1 Å². The summed E-state index contributed by atoms with van der Waals surface area (Å²) in [5, 5.41) is 39.1. The molecule has 2 aromatic rings. The monoisotopic (exact) mass is 506 g/mol. The second-order valence-corrected chi connectivity index (χ2v) is 7.64. The summed E-state index contributed by atoms with van der Waals surface area (Å²) in [7, 11) is 0. The number of nitrogens with zero attached hydrogens (tertiary/aromatic N) is 2. The van der Waals surface area contributed by atoms with E-state index in [0.717, 1.165) is 0 Å². The van der Waals surface area contributed by atoms with Gasteiger partial charge in [0.2, 0.25) is 5.60 Å². The lowest BCUT2D eigenvalue weighted by atomic mass is 9.94. The van der Waals surface area contributed by atoms with Crippen LogP contribution >= 0.6 is 0 Å². The summed E-state index contributed by atoms with van der Waals surface area (Å²) in [6, 6.07) is 11.3. The minimum absolute atomic E-state index is 0.0307. The predicted molar refractivity (Wildman–Crippen MR) is 124 cm³/mol. The highest BCUT2D eigenvalue weighted by molar-refractivity contribution is 5.79. The average Bonchev–Trinajstić information content (AvgIpc) is 2.86. The number of aliphatic carboxylic acids is 1. The Bertz CT molecular complexity index is 1060. The Hall–Kier alpha value is -4.10. The molecule has 2 aliphatic rings. The molecule has 2 fully saturated rings. The van der Waals surface area contributed by atoms with Crippen molar-refractivity contribution in [3.8, 4) is 11.5 Å². The van der Waals surface area contributed by atoms with Crippen molar-refractivity contribution in [2.75, 3.05) is 26.4 Å². The molecule has 2 saturated heterocycles. The van der Waals surface area contributed by atoms with Crippen molar-refractivity contribution < 1.29 is 43.9 Å². The van der Waals surface area contributed by atoms with Gasteiger partial charge in [0.15, 0.2) is 11.5 Å². The van der Waals surface area contributed by atoms with Crippen LogP contribution in [0.1, 0.15) is 25.7 Å². The Labute approximate surface area is 205 Å². The quantitative estimate of drug-likeness (QED) is 0.447. The number of carboxylic acid groups (broad SMARTS) is 1. The summed E-state index contributed by atoms with van der Waals surface area (Å²) >= 11 is 0. The number of Topliss-reactive ketones (excluding diaryl/α,β-unsaturated/α-hetero) is 1. The highest BCUT2D eigenvalue weighted by Crippen LogP contribution is 2.34. The van der Waals surface area contributed by atoms with Crippen LogP contribution in [0, 0.1) is 20.2 Å².